The first-order valence-electron chi connectivity index (χ1n) is 4.95. The quantitative estimate of drug-likeness (QED) is 0.690. The van der Waals surface area contributed by atoms with E-state index in [9.17, 15) is 9.59 Å². The van der Waals surface area contributed by atoms with E-state index in [4.69, 9.17) is 0 Å². The van der Waals surface area contributed by atoms with Gasteiger partial charge in [0.2, 0.25) is 11.8 Å². The number of nitrogens with zero attached hydrogens (tertiary/aromatic N) is 2. The number of carbonyl (C=O) groups is 2. The molecular weight excluding hydrogens is 194 g/mol. The lowest BCUT2D eigenvalue weighted by atomic mass is 10.2. The van der Waals surface area contributed by atoms with Crippen molar-refractivity contribution in [3.8, 4) is 0 Å². The van der Waals surface area contributed by atoms with Crippen molar-refractivity contribution in [2.24, 2.45) is 0 Å². The van der Waals surface area contributed by atoms with Crippen molar-refractivity contribution < 1.29 is 9.59 Å². The van der Waals surface area contributed by atoms with Crippen LogP contribution in [0, 0.1) is 0 Å². The number of nitrogens with one attached hydrogen (secondary N) is 1. The second-order valence-corrected chi connectivity index (χ2v) is 4.08. The Morgan fingerprint density at radius 2 is 1.13 bits per heavy atom. The van der Waals surface area contributed by atoms with E-state index < -0.39 is 0 Å². The highest BCUT2D eigenvalue weighted by molar-refractivity contribution is 5.84. The summed E-state index contributed by atoms with van der Waals surface area (Å²) in [5.41, 5.74) is 0. The van der Waals surface area contributed by atoms with E-state index in [1.54, 1.807) is 42.0 Å². The largest absolute Gasteiger partial charge is 0.347 e. The Morgan fingerprint density at radius 1 is 0.867 bits per heavy atom. The normalized spacial score (nSPS) is 14.3. The highest BCUT2D eigenvalue weighted by Crippen LogP contribution is 1.94. The Kier molecular flexibility index (Phi) is 5.28. The molecule has 0 aliphatic carbocycles. The van der Waals surface area contributed by atoms with Crippen LogP contribution in [0.1, 0.15) is 13.8 Å². The van der Waals surface area contributed by atoms with Gasteiger partial charge in [-0.1, -0.05) is 0 Å². The van der Waals surface area contributed by atoms with E-state index in [1.165, 1.54) is 9.80 Å². The SMILES string of the molecule is CC(NC(C)C(=O)N(C)C)C(=O)N(C)C. The first-order chi connectivity index (χ1) is 6.77. The van der Waals surface area contributed by atoms with Gasteiger partial charge in [-0.05, 0) is 13.8 Å². The van der Waals surface area contributed by atoms with Gasteiger partial charge in [0.05, 0.1) is 12.1 Å². The fourth-order valence-corrected chi connectivity index (χ4v) is 1.29. The molecule has 2 unspecified atom stereocenters. The molecule has 5 nitrogen and oxygen atoms in total. The number of hydrogen-bond acceptors (Lipinski definition) is 3. The molecule has 0 saturated heterocycles. The monoisotopic (exact) mass is 215 g/mol. The predicted octanol–water partition coefficient (Wildman–Crippen LogP) is -0.471. The third kappa shape index (κ3) is 4.29. The van der Waals surface area contributed by atoms with Crippen LogP contribution >= 0.6 is 0 Å². The number of rotatable bonds is 4. The van der Waals surface area contributed by atoms with Crippen molar-refractivity contribution in [2.75, 3.05) is 28.2 Å². The fraction of sp³-hybridized carbons (Fsp3) is 0.800. The van der Waals surface area contributed by atoms with Crippen molar-refractivity contribution in [2.45, 2.75) is 25.9 Å². The summed E-state index contributed by atoms with van der Waals surface area (Å²) in [6.45, 7) is 3.50. The van der Waals surface area contributed by atoms with E-state index in [-0.39, 0.29) is 23.9 Å². The fourth-order valence-electron chi connectivity index (χ4n) is 1.29. The molecule has 0 spiro atoms. The molecule has 0 aliphatic heterocycles. The Hall–Kier alpha value is -1.10. The molecule has 1 N–H and O–H groups in total. The van der Waals surface area contributed by atoms with Gasteiger partial charge in [-0.25, -0.2) is 0 Å². The van der Waals surface area contributed by atoms with Gasteiger partial charge in [0.15, 0.2) is 0 Å². The van der Waals surface area contributed by atoms with Crippen molar-refractivity contribution in [1.29, 1.82) is 0 Å². The van der Waals surface area contributed by atoms with Crippen LogP contribution in [-0.2, 0) is 9.59 Å². The molecule has 0 saturated carbocycles. The maximum Gasteiger partial charge on any atom is 0.238 e. The van der Waals surface area contributed by atoms with Gasteiger partial charge >= 0.3 is 0 Å². The summed E-state index contributed by atoms with van der Waals surface area (Å²) in [7, 11) is 6.77. The Morgan fingerprint density at radius 3 is 1.33 bits per heavy atom. The molecule has 0 aromatic carbocycles. The summed E-state index contributed by atoms with van der Waals surface area (Å²) in [6.07, 6.45) is 0. The molecule has 0 aromatic heterocycles. The molecule has 15 heavy (non-hydrogen) atoms. The van der Waals surface area contributed by atoms with Crippen LogP contribution in [0.5, 0.6) is 0 Å². The second-order valence-electron chi connectivity index (χ2n) is 4.08. The second kappa shape index (κ2) is 5.70. The summed E-state index contributed by atoms with van der Waals surface area (Å²) in [6, 6.07) is -0.696. The van der Waals surface area contributed by atoms with Crippen LogP contribution in [0.3, 0.4) is 0 Å². The van der Waals surface area contributed by atoms with Crippen LogP contribution < -0.4 is 5.32 Å². The van der Waals surface area contributed by atoms with E-state index in [0.29, 0.717) is 0 Å². The van der Waals surface area contributed by atoms with E-state index >= 15 is 0 Å². The Bertz CT molecular complexity index is 215. The maximum absolute atomic E-state index is 11.5. The lowest BCUT2D eigenvalue weighted by Gasteiger charge is -2.23. The molecule has 0 bridgehead atoms. The Balaban J connectivity index is 4.24. The van der Waals surface area contributed by atoms with Crippen LogP contribution in [-0.4, -0.2) is 61.9 Å². The third-order valence-corrected chi connectivity index (χ3v) is 2.12. The molecule has 0 radical (unpaired) electrons. The minimum absolute atomic E-state index is 0.0339. The molecule has 0 heterocycles. The van der Waals surface area contributed by atoms with E-state index in [0.717, 1.165) is 0 Å². The van der Waals surface area contributed by atoms with Crippen LogP contribution in [0.2, 0.25) is 0 Å². The molecule has 0 aliphatic rings. The summed E-state index contributed by atoms with van der Waals surface area (Å²) in [4.78, 5) is 26.0. The molecule has 5 heteroatoms. The van der Waals surface area contributed by atoms with E-state index in [1.807, 2.05) is 0 Å². The van der Waals surface area contributed by atoms with Crippen molar-refractivity contribution in [1.82, 2.24) is 15.1 Å². The van der Waals surface area contributed by atoms with Crippen LogP contribution in [0.25, 0.3) is 0 Å². The lowest BCUT2D eigenvalue weighted by molar-refractivity contribution is -0.133. The number of hydrogen-bond donors (Lipinski definition) is 1. The highest BCUT2D eigenvalue weighted by Gasteiger charge is 2.21. The zero-order valence-corrected chi connectivity index (χ0v) is 10.4. The lowest BCUT2D eigenvalue weighted by Crippen LogP contribution is -2.50. The van der Waals surface area contributed by atoms with Gasteiger partial charge in [0, 0.05) is 28.2 Å². The van der Waals surface area contributed by atoms with E-state index in [2.05, 4.69) is 5.32 Å². The van der Waals surface area contributed by atoms with Gasteiger partial charge in [-0.2, -0.15) is 0 Å². The first kappa shape index (κ1) is 13.9. The number of carbonyl (C=O) groups excluding carboxylic acids is 2. The molecule has 0 rings (SSSR count). The van der Waals surface area contributed by atoms with Gasteiger partial charge in [0.25, 0.3) is 0 Å². The zero-order chi connectivity index (χ0) is 12.2. The number of amides is 2. The summed E-state index contributed by atoms with van der Waals surface area (Å²) in [5.74, 6) is -0.0678. The van der Waals surface area contributed by atoms with Crippen molar-refractivity contribution >= 4 is 11.8 Å². The average molecular weight is 215 g/mol. The maximum atomic E-state index is 11.5. The topological polar surface area (TPSA) is 52.7 Å². The van der Waals surface area contributed by atoms with Crippen LogP contribution in [0.4, 0.5) is 0 Å². The average Bonchev–Trinajstić information content (AvgIpc) is 2.14. The highest BCUT2D eigenvalue weighted by atomic mass is 16.2. The summed E-state index contributed by atoms with van der Waals surface area (Å²) >= 11 is 0. The minimum atomic E-state index is -0.348. The summed E-state index contributed by atoms with van der Waals surface area (Å²) < 4.78 is 0. The molecule has 0 fully saturated rings. The first-order valence-corrected chi connectivity index (χ1v) is 4.95. The molecule has 0 aromatic rings. The van der Waals surface area contributed by atoms with Crippen molar-refractivity contribution in [3.05, 3.63) is 0 Å². The molecule has 2 amide bonds. The smallest absolute Gasteiger partial charge is 0.238 e. The molecule has 88 valence electrons. The molecule has 2 atom stereocenters. The Labute approximate surface area is 91.4 Å². The number of likely N-dealkylation sites (N-methyl/N-ethyl adjacent to an activating group) is 2. The summed E-state index contributed by atoms with van der Waals surface area (Å²) in [5, 5.41) is 2.96. The predicted molar refractivity (Wildman–Crippen MR) is 59.4 cm³/mol. The minimum Gasteiger partial charge on any atom is -0.347 e. The van der Waals surface area contributed by atoms with Gasteiger partial charge < -0.3 is 9.80 Å². The van der Waals surface area contributed by atoms with Crippen LogP contribution in [0.15, 0.2) is 0 Å². The van der Waals surface area contributed by atoms with Gasteiger partial charge in [0.1, 0.15) is 0 Å². The van der Waals surface area contributed by atoms with Gasteiger partial charge in [-0.15, -0.1) is 0 Å². The third-order valence-electron chi connectivity index (χ3n) is 2.12. The van der Waals surface area contributed by atoms with Gasteiger partial charge in [-0.3, -0.25) is 14.9 Å². The standard InChI is InChI=1S/C10H21N3O2/c1-7(9(14)12(3)4)11-8(2)10(15)13(5)6/h7-8,11H,1-6H3. The van der Waals surface area contributed by atoms with Crippen molar-refractivity contribution in [3.63, 3.8) is 0 Å². The zero-order valence-electron chi connectivity index (χ0n) is 10.4. The molecular formula is C10H21N3O2.